The lowest BCUT2D eigenvalue weighted by Gasteiger charge is -2.29. The molecule has 3 aromatic carbocycles. The third-order valence-electron chi connectivity index (χ3n) is 8.80. The maximum Gasteiger partial charge on any atom is 0.322 e. The summed E-state index contributed by atoms with van der Waals surface area (Å²) >= 11 is 0. The molecule has 4 N–H and O–H groups in total. The number of amides is 4. The van der Waals surface area contributed by atoms with Crippen molar-refractivity contribution in [2.75, 3.05) is 43.1 Å². The number of rotatable bonds is 10. The number of fused-ring (bicyclic) bond motifs is 1. The monoisotopic (exact) mass is 641 g/mol. The second-order valence-electron chi connectivity index (χ2n) is 13.3. The SMILES string of the molecule is CC1CC(NC(=O)CC(C)(C)NC[C@@H](C)O)C(=O)N(Cc2ccc(-c3ccccc3NC(=O)N3CCOCC3)cc2)c2ccccc21. The minimum Gasteiger partial charge on any atom is -0.392 e. The summed E-state index contributed by atoms with van der Waals surface area (Å²) in [7, 11) is 0. The summed E-state index contributed by atoms with van der Waals surface area (Å²) in [5.74, 6) is -0.309. The van der Waals surface area contributed by atoms with Crippen molar-refractivity contribution in [2.45, 2.75) is 70.7 Å². The second-order valence-corrected chi connectivity index (χ2v) is 13.3. The van der Waals surface area contributed by atoms with Gasteiger partial charge in [0.25, 0.3) is 0 Å². The number of ether oxygens (including phenoxy) is 1. The Hall–Kier alpha value is -4.25. The fraction of sp³-hybridized carbons (Fsp3) is 0.432. The molecule has 0 radical (unpaired) electrons. The first-order valence-electron chi connectivity index (χ1n) is 16.5. The van der Waals surface area contributed by atoms with Gasteiger partial charge in [0, 0.05) is 42.8 Å². The number of nitrogens with zero attached hydrogens (tertiary/aromatic N) is 2. The molecule has 5 rings (SSSR count). The molecule has 1 saturated heterocycles. The standard InChI is InChI=1S/C37H47N5O5/c1-25-21-32(39-34(44)22-37(3,4)38-23-26(2)43)35(45)42(33-12-8-6-9-29(25)33)24-27-13-15-28(16-14-27)30-10-5-7-11-31(30)40-36(46)41-17-19-47-20-18-41/h5-16,25-26,32,38,43H,17-24H2,1-4H3,(H,39,44)(H,40,46)/t25?,26-,32?/m1/s1. The zero-order valence-electron chi connectivity index (χ0n) is 27.8. The number of β-amino-alcohol motifs (C(OH)–C–C–N with tert-alkyl or cyclic N) is 1. The number of carbonyl (C=O) groups is 3. The summed E-state index contributed by atoms with van der Waals surface area (Å²) in [4.78, 5) is 43.8. The Morgan fingerprint density at radius 1 is 1.00 bits per heavy atom. The molecule has 0 saturated carbocycles. The van der Waals surface area contributed by atoms with Crippen LogP contribution in [0.15, 0.2) is 72.8 Å². The molecule has 4 amide bonds. The quantitative estimate of drug-likeness (QED) is 0.250. The van der Waals surface area contributed by atoms with Crippen LogP contribution in [-0.2, 0) is 20.9 Å². The molecule has 10 heteroatoms. The lowest BCUT2D eigenvalue weighted by Crippen LogP contribution is -2.51. The van der Waals surface area contributed by atoms with E-state index in [0.717, 1.165) is 33.6 Å². The summed E-state index contributed by atoms with van der Waals surface area (Å²) in [6.45, 7) is 10.5. The van der Waals surface area contributed by atoms with Gasteiger partial charge in [-0.3, -0.25) is 9.59 Å². The van der Waals surface area contributed by atoms with E-state index in [1.54, 1.807) is 16.7 Å². The lowest BCUT2D eigenvalue weighted by molar-refractivity contribution is -0.128. The van der Waals surface area contributed by atoms with Gasteiger partial charge >= 0.3 is 6.03 Å². The molecule has 3 atom stereocenters. The number of nitrogens with one attached hydrogen (secondary N) is 3. The number of hydrogen-bond donors (Lipinski definition) is 4. The first kappa shape index (κ1) is 34.1. The minimum absolute atomic E-state index is 0.0541. The molecule has 1 fully saturated rings. The van der Waals surface area contributed by atoms with Crippen LogP contribution in [0.4, 0.5) is 16.2 Å². The Bertz CT molecular complexity index is 1550. The number of anilines is 2. The van der Waals surface area contributed by atoms with Gasteiger partial charge in [0.1, 0.15) is 6.04 Å². The molecule has 0 spiro atoms. The first-order valence-corrected chi connectivity index (χ1v) is 16.5. The van der Waals surface area contributed by atoms with Crippen LogP contribution < -0.4 is 20.9 Å². The zero-order valence-corrected chi connectivity index (χ0v) is 27.8. The smallest absolute Gasteiger partial charge is 0.322 e. The maximum atomic E-state index is 14.2. The lowest BCUT2D eigenvalue weighted by atomic mass is 9.93. The molecular formula is C37H47N5O5. The normalized spacial score (nSPS) is 19.0. The van der Waals surface area contributed by atoms with Crippen molar-refractivity contribution in [3.8, 4) is 11.1 Å². The van der Waals surface area contributed by atoms with Gasteiger partial charge in [-0.2, -0.15) is 0 Å². The van der Waals surface area contributed by atoms with Crippen molar-refractivity contribution >= 4 is 29.2 Å². The Morgan fingerprint density at radius 3 is 2.40 bits per heavy atom. The van der Waals surface area contributed by atoms with E-state index in [4.69, 9.17) is 4.74 Å². The predicted molar refractivity (Wildman–Crippen MR) is 184 cm³/mol. The number of aliphatic hydroxyl groups excluding tert-OH is 1. The molecule has 3 aromatic rings. The number of morpholine rings is 1. The van der Waals surface area contributed by atoms with Crippen LogP contribution in [0, 0.1) is 0 Å². The summed E-state index contributed by atoms with van der Waals surface area (Å²) in [5, 5.41) is 19.0. The van der Waals surface area contributed by atoms with Crippen molar-refractivity contribution in [1.29, 1.82) is 0 Å². The van der Waals surface area contributed by atoms with Crippen LogP contribution in [0.25, 0.3) is 11.1 Å². The molecule has 0 aliphatic carbocycles. The van der Waals surface area contributed by atoms with E-state index in [2.05, 4.69) is 28.9 Å². The number of hydrogen-bond acceptors (Lipinski definition) is 6. The van der Waals surface area contributed by atoms with E-state index >= 15 is 0 Å². The van der Waals surface area contributed by atoms with Crippen LogP contribution in [0.5, 0.6) is 0 Å². The molecule has 2 unspecified atom stereocenters. The van der Waals surface area contributed by atoms with Crippen LogP contribution in [0.3, 0.4) is 0 Å². The van der Waals surface area contributed by atoms with Crippen molar-refractivity contribution < 1.29 is 24.2 Å². The average Bonchev–Trinajstić information content (AvgIpc) is 3.15. The Morgan fingerprint density at radius 2 is 1.68 bits per heavy atom. The van der Waals surface area contributed by atoms with Gasteiger partial charge in [0.2, 0.25) is 11.8 Å². The highest BCUT2D eigenvalue weighted by Gasteiger charge is 2.35. The van der Waals surface area contributed by atoms with Gasteiger partial charge in [-0.05, 0) is 61.9 Å². The number of carbonyl (C=O) groups excluding carboxylic acids is 3. The third-order valence-corrected chi connectivity index (χ3v) is 8.80. The molecular weight excluding hydrogens is 594 g/mol. The highest BCUT2D eigenvalue weighted by Crippen LogP contribution is 2.36. The summed E-state index contributed by atoms with van der Waals surface area (Å²) in [5.41, 5.74) is 4.88. The van der Waals surface area contributed by atoms with Crippen LogP contribution in [-0.4, -0.2) is 78.4 Å². The molecule has 0 bridgehead atoms. The second kappa shape index (κ2) is 15.1. The molecule has 10 nitrogen and oxygen atoms in total. The maximum absolute atomic E-state index is 14.2. The summed E-state index contributed by atoms with van der Waals surface area (Å²) in [6.07, 6.45) is 0.130. The largest absolute Gasteiger partial charge is 0.392 e. The molecule has 47 heavy (non-hydrogen) atoms. The van der Waals surface area contributed by atoms with Crippen LogP contribution >= 0.6 is 0 Å². The third kappa shape index (κ3) is 8.77. The minimum atomic E-state index is -0.682. The molecule has 2 aliphatic rings. The fourth-order valence-corrected chi connectivity index (χ4v) is 6.23. The summed E-state index contributed by atoms with van der Waals surface area (Å²) in [6, 6.07) is 22.9. The van der Waals surface area contributed by atoms with Gasteiger partial charge in [-0.25, -0.2) is 4.79 Å². The van der Waals surface area contributed by atoms with E-state index in [-0.39, 0.29) is 30.2 Å². The van der Waals surface area contributed by atoms with Crippen molar-refractivity contribution in [3.05, 3.63) is 83.9 Å². The van der Waals surface area contributed by atoms with Gasteiger partial charge in [0.05, 0.1) is 31.5 Å². The topological polar surface area (TPSA) is 123 Å². The predicted octanol–water partition coefficient (Wildman–Crippen LogP) is 4.88. The summed E-state index contributed by atoms with van der Waals surface area (Å²) < 4.78 is 5.38. The van der Waals surface area contributed by atoms with E-state index in [1.807, 2.05) is 80.6 Å². The van der Waals surface area contributed by atoms with E-state index in [1.165, 1.54) is 0 Å². The van der Waals surface area contributed by atoms with Gasteiger partial charge < -0.3 is 35.6 Å². The van der Waals surface area contributed by atoms with E-state index in [0.29, 0.717) is 45.8 Å². The average molecular weight is 642 g/mol. The van der Waals surface area contributed by atoms with Gasteiger partial charge in [-0.15, -0.1) is 0 Å². The molecule has 2 heterocycles. The number of urea groups is 1. The number of aliphatic hydroxyl groups is 1. The zero-order chi connectivity index (χ0) is 33.6. The van der Waals surface area contributed by atoms with Gasteiger partial charge in [-0.1, -0.05) is 67.6 Å². The highest BCUT2D eigenvalue weighted by atomic mass is 16.5. The number of para-hydroxylation sites is 2. The van der Waals surface area contributed by atoms with E-state index < -0.39 is 17.7 Å². The Balaban J connectivity index is 1.33. The highest BCUT2D eigenvalue weighted by molar-refractivity contribution is 6.01. The fourth-order valence-electron chi connectivity index (χ4n) is 6.23. The Labute approximate surface area is 277 Å². The van der Waals surface area contributed by atoms with E-state index in [9.17, 15) is 19.5 Å². The Kier molecular flexibility index (Phi) is 11.0. The van der Waals surface area contributed by atoms with Gasteiger partial charge in [0.15, 0.2) is 0 Å². The molecule has 0 aromatic heterocycles. The molecule has 2 aliphatic heterocycles. The van der Waals surface area contributed by atoms with Crippen LogP contribution in [0.1, 0.15) is 57.6 Å². The van der Waals surface area contributed by atoms with Crippen molar-refractivity contribution in [1.82, 2.24) is 15.5 Å². The first-order chi connectivity index (χ1) is 22.5. The van der Waals surface area contributed by atoms with Crippen molar-refractivity contribution in [2.24, 2.45) is 0 Å². The number of benzene rings is 3. The van der Waals surface area contributed by atoms with Crippen molar-refractivity contribution in [3.63, 3.8) is 0 Å². The molecule has 250 valence electrons. The van der Waals surface area contributed by atoms with Crippen LogP contribution in [0.2, 0.25) is 0 Å².